The van der Waals surface area contributed by atoms with Crippen LogP contribution in [0, 0.1) is 0 Å². The molecule has 1 unspecified atom stereocenters. The van der Waals surface area contributed by atoms with Crippen LogP contribution in [-0.4, -0.2) is 14.8 Å². The van der Waals surface area contributed by atoms with E-state index in [0.717, 1.165) is 17.2 Å². The van der Waals surface area contributed by atoms with E-state index in [1.165, 1.54) is 0 Å². The van der Waals surface area contributed by atoms with E-state index in [0.29, 0.717) is 0 Å². The van der Waals surface area contributed by atoms with E-state index in [1.807, 2.05) is 44.3 Å². The van der Waals surface area contributed by atoms with Crippen molar-refractivity contribution in [3.05, 3.63) is 36.2 Å². The average molecular weight is 202 g/mol. The molecule has 4 nitrogen and oxygen atoms in total. The molecule has 0 saturated heterocycles. The van der Waals surface area contributed by atoms with Crippen LogP contribution in [0.25, 0.3) is 11.4 Å². The van der Waals surface area contributed by atoms with Gasteiger partial charge in [-0.15, -0.1) is 0 Å². The van der Waals surface area contributed by atoms with Crippen LogP contribution in [0.2, 0.25) is 0 Å². The summed E-state index contributed by atoms with van der Waals surface area (Å²) < 4.78 is 1.73. The smallest absolute Gasteiger partial charge is 0.181 e. The molecule has 2 rings (SSSR count). The van der Waals surface area contributed by atoms with Crippen LogP contribution in [0.1, 0.15) is 18.8 Å². The molecule has 78 valence electrons. The molecule has 2 N–H and O–H groups in total. The Morgan fingerprint density at radius 2 is 1.93 bits per heavy atom. The van der Waals surface area contributed by atoms with Gasteiger partial charge in [0.2, 0.25) is 0 Å². The van der Waals surface area contributed by atoms with Crippen molar-refractivity contribution in [2.75, 3.05) is 0 Å². The van der Waals surface area contributed by atoms with Crippen LogP contribution in [-0.2, 0) is 7.05 Å². The van der Waals surface area contributed by atoms with Crippen molar-refractivity contribution in [2.24, 2.45) is 12.8 Å². The van der Waals surface area contributed by atoms with E-state index in [2.05, 4.69) is 10.1 Å². The third-order valence-electron chi connectivity index (χ3n) is 2.24. The number of nitrogens with zero attached hydrogens (tertiary/aromatic N) is 3. The van der Waals surface area contributed by atoms with Crippen LogP contribution in [0.15, 0.2) is 30.3 Å². The SMILES string of the molecule is CC(N)c1nc(-c2ccccc2)nn1C. The summed E-state index contributed by atoms with van der Waals surface area (Å²) >= 11 is 0. The Kier molecular flexibility index (Phi) is 2.51. The van der Waals surface area contributed by atoms with Gasteiger partial charge in [-0.3, -0.25) is 4.68 Å². The number of rotatable bonds is 2. The summed E-state index contributed by atoms with van der Waals surface area (Å²) in [4.78, 5) is 4.41. The molecule has 0 aliphatic heterocycles. The second kappa shape index (κ2) is 3.82. The molecular weight excluding hydrogens is 188 g/mol. The maximum atomic E-state index is 5.78. The predicted octanol–water partition coefficient (Wildman–Crippen LogP) is 1.50. The number of benzene rings is 1. The van der Waals surface area contributed by atoms with Gasteiger partial charge in [0.1, 0.15) is 5.82 Å². The molecule has 0 amide bonds. The van der Waals surface area contributed by atoms with E-state index in [4.69, 9.17) is 5.73 Å². The molecule has 4 heteroatoms. The second-order valence-electron chi connectivity index (χ2n) is 3.57. The number of hydrogen-bond donors (Lipinski definition) is 1. The molecule has 0 fully saturated rings. The minimum Gasteiger partial charge on any atom is -0.322 e. The van der Waals surface area contributed by atoms with Gasteiger partial charge in [0.25, 0.3) is 0 Å². The predicted molar refractivity (Wildman–Crippen MR) is 59.0 cm³/mol. The Hall–Kier alpha value is -1.68. The molecule has 0 bridgehead atoms. The normalized spacial score (nSPS) is 12.7. The first kappa shape index (κ1) is 9.86. The summed E-state index contributed by atoms with van der Waals surface area (Å²) in [5.41, 5.74) is 6.80. The number of aromatic nitrogens is 3. The summed E-state index contributed by atoms with van der Waals surface area (Å²) in [6.07, 6.45) is 0. The highest BCUT2D eigenvalue weighted by atomic mass is 15.3. The molecule has 0 saturated carbocycles. The zero-order valence-electron chi connectivity index (χ0n) is 8.88. The largest absolute Gasteiger partial charge is 0.322 e. The van der Waals surface area contributed by atoms with Crippen molar-refractivity contribution in [3.63, 3.8) is 0 Å². The van der Waals surface area contributed by atoms with E-state index in [-0.39, 0.29) is 6.04 Å². The lowest BCUT2D eigenvalue weighted by Crippen LogP contribution is -2.11. The van der Waals surface area contributed by atoms with Crippen molar-refractivity contribution in [2.45, 2.75) is 13.0 Å². The summed E-state index contributed by atoms with van der Waals surface area (Å²) in [7, 11) is 1.86. The molecule has 2 aromatic rings. The molecular formula is C11H14N4. The van der Waals surface area contributed by atoms with Gasteiger partial charge in [-0.25, -0.2) is 4.98 Å². The summed E-state index contributed by atoms with van der Waals surface area (Å²) in [5, 5.41) is 4.33. The lowest BCUT2D eigenvalue weighted by Gasteiger charge is -2.00. The monoisotopic (exact) mass is 202 g/mol. The zero-order valence-corrected chi connectivity index (χ0v) is 8.88. The van der Waals surface area contributed by atoms with E-state index in [1.54, 1.807) is 4.68 Å². The maximum Gasteiger partial charge on any atom is 0.181 e. The Morgan fingerprint density at radius 3 is 2.47 bits per heavy atom. The Balaban J connectivity index is 2.43. The minimum atomic E-state index is -0.0973. The van der Waals surface area contributed by atoms with E-state index >= 15 is 0 Å². The number of nitrogens with two attached hydrogens (primary N) is 1. The van der Waals surface area contributed by atoms with Crippen molar-refractivity contribution < 1.29 is 0 Å². The van der Waals surface area contributed by atoms with Gasteiger partial charge in [0.05, 0.1) is 6.04 Å². The van der Waals surface area contributed by atoms with E-state index in [9.17, 15) is 0 Å². The van der Waals surface area contributed by atoms with Crippen molar-refractivity contribution in [1.82, 2.24) is 14.8 Å². The highest BCUT2D eigenvalue weighted by molar-refractivity contribution is 5.54. The summed E-state index contributed by atoms with van der Waals surface area (Å²) in [6, 6.07) is 9.79. The van der Waals surface area contributed by atoms with Crippen molar-refractivity contribution in [1.29, 1.82) is 0 Å². The number of aryl methyl sites for hydroxylation is 1. The highest BCUT2D eigenvalue weighted by Crippen LogP contribution is 2.16. The first-order valence-electron chi connectivity index (χ1n) is 4.90. The Bertz CT molecular complexity index is 445. The molecule has 1 aromatic heterocycles. The molecule has 15 heavy (non-hydrogen) atoms. The lowest BCUT2D eigenvalue weighted by atomic mass is 10.2. The van der Waals surface area contributed by atoms with Gasteiger partial charge in [0, 0.05) is 12.6 Å². The molecule has 0 spiro atoms. The van der Waals surface area contributed by atoms with Crippen molar-refractivity contribution in [3.8, 4) is 11.4 Å². The van der Waals surface area contributed by atoms with Crippen LogP contribution in [0.3, 0.4) is 0 Å². The van der Waals surface area contributed by atoms with Gasteiger partial charge in [0.15, 0.2) is 5.82 Å². The van der Waals surface area contributed by atoms with Crippen molar-refractivity contribution >= 4 is 0 Å². The molecule has 1 heterocycles. The van der Waals surface area contributed by atoms with Gasteiger partial charge in [-0.05, 0) is 6.92 Å². The maximum absolute atomic E-state index is 5.78. The lowest BCUT2D eigenvalue weighted by molar-refractivity contribution is 0.639. The molecule has 1 atom stereocenters. The fraction of sp³-hybridized carbons (Fsp3) is 0.273. The quantitative estimate of drug-likeness (QED) is 0.803. The van der Waals surface area contributed by atoms with Crippen LogP contribution >= 0.6 is 0 Å². The Morgan fingerprint density at radius 1 is 1.27 bits per heavy atom. The number of hydrogen-bond acceptors (Lipinski definition) is 3. The first-order chi connectivity index (χ1) is 7.18. The van der Waals surface area contributed by atoms with Gasteiger partial charge >= 0.3 is 0 Å². The molecule has 0 aliphatic rings. The van der Waals surface area contributed by atoms with Gasteiger partial charge in [-0.1, -0.05) is 30.3 Å². The standard InChI is InChI=1S/C11H14N4/c1-8(12)11-13-10(14-15(11)2)9-6-4-3-5-7-9/h3-8H,12H2,1-2H3. The average Bonchev–Trinajstić information content (AvgIpc) is 2.62. The minimum absolute atomic E-state index is 0.0973. The van der Waals surface area contributed by atoms with Crippen LogP contribution < -0.4 is 5.73 Å². The third-order valence-corrected chi connectivity index (χ3v) is 2.24. The van der Waals surface area contributed by atoms with E-state index < -0.39 is 0 Å². The summed E-state index contributed by atoms with van der Waals surface area (Å²) in [6.45, 7) is 1.90. The molecule has 0 aliphatic carbocycles. The van der Waals surface area contributed by atoms with Gasteiger partial charge < -0.3 is 5.73 Å². The molecule has 0 radical (unpaired) electrons. The fourth-order valence-corrected chi connectivity index (χ4v) is 1.50. The van der Waals surface area contributed by atoms with Crippen LogP contribution in [0.5, 0.6) is 0 Å². The first-order valence-corrected chi connectivity index (χ1v) is 4.90. The zero-order chi connectivity index (χ0) is 10.8. The Labute approximate surface area is 88.8 Å². The van der Waals surface area contributed by atoms with Gasteiger partial charge in [-0.2, -0.15) is 5.10 Å². The van der Waals surface area contributed by atoms with Crippen LogP contribution in [0.4, 0.5) is 0 Å². The summed E-state index contributed by atoms with van der Waals surface area (Å²) in [5.74, 6) is 1.53. The second-order valence-corrected chi connectivity index (χ2v) is 3.57. The topological polar surface area (TPSA) is 56.7 Å². The third kappa shape index (κ3) is 1.89. The highest BCUT2D eigenvalue weighted by Gasteiger charge is 2.11. The fourth-order valence-electron chi connectivity index (χ4n) is 1.50. The molecule has 1 aromatic carbocycles.